The molecular weight excluding hydrogens is 569 g/mol. The Morgan fingerprint density at radius 1 is 0.383 bits per heavy atom. The van der Waals surface area contributed by atoms with Gasteiger partial charge < -0.3 is 4.42 Å². The molecule has 218 valence electrons. The number of fused-ring (bicyclic) bond motifs is 8. The van der Waals surface area contributed by atoms with Gasteiger partial charge in [-0.05, 0) is 94.7 Å². The highest BCUT2D eigenvalue weighted by Crippen LogP contribution is 2.48. The molecule has 1 aromatic heterocycles. The second-order valence-electron chi connectivity index (χ2n) is 11.8. The summed E-state index contributed by atoms with van der Waals surface area (Å²) < 4.78 is 79.1. The molecule has 0 aliphatic carbocycles. The van der Waals surface area contributed by atoms with Gasteiger partial charge in [0.15, 0.2) is 0 Å². The Bertz CT molecular complexity index is 3220. The van der Waals surface area contributed by atoms with Gasteiger partial charge in [0.25, 0.3) is 0 Å². The Kier molecular flexibility index (Phi) is 4.19. The molecule has 1 heteroatoms. The van der Waals surface area contributed by atoms with Gasteiger partial charge in [-0.1, -0.05) is 151 Å². The van der Waals surface area contributed by atoms with Crippen LogP contribution in [0.5, 0.6) is 0 Å². The van der Waals surface area contributed by atoms with Gasteiger partial charge in [0.2, 0.25) is 0 Å². The first-order valence-corrected chi connectivity index (χ1v) is 15.5. The second-order valence-corrected chi connectivity index (χ2v) is 11.8. The van der Waals surface area contributed by atoms with Gasteiger partial charge in [0, 0.05) is 10.8 Å². The van der Waals surface area contributed by atoms with E-state index >= 15 is 0 Å². The summed E-state index contributed by atoms with van der Waals surface area (Å²) in [6, 6.07) is 36.4. The zero-order valence-corrected chi connectivity index (χ0v) is 25.0. The van der Waals surface area contributed by atoms with Gasteiger partial charge >= 0.3 is 0 Å². The second kappa shape index (κ2) is 10.2. The number of furan rings is 1. The first-order chi connectivity index (χ1) is 26.7. The van der Waals surface area contributed by atoms with Crippen LogP contribution in [0, 0.1) is 0 Å². The summed E-state index contributed by atoms with van der Waals surface area (Å²) in [7, 11) is 0. The van der Waals surface area contributed by atoms with Gasteiger partial charge in [-0.2, -0.15) is 0 Å². The first kappa shape index (κ1) is 19.4. The average Bonchev–Trinajstić information content (AvgIpc) is 3.62. The van der Waals surface area contributed by atoms with Crippen molar-refractivity contribution in [3.8, 4) is 33.4 Å². The smallest absolute Gasteiger partial charge is 0.136 e. The van der Waals surface area contributed by atoms with Crippen molar-refractivity contribution in [1.82, 2.24) is 0 Å². The highest BCUT2D eigenvalue weighted by atomic mass is 16.3. The summed E-state index contributed by atoms with van der Waals surface area (Å²) in [5, 5.41) is 6.65. The van der Waals surface area contributed by atoms with Crippen LogP contribution in [0.3, 0.4) is 0 Å². The molecule has 0 atom stereocenters. The van der Waals surface area contributed by atoms with Crippen molar-refractivity contribution in [3.63, 3.8) is 0 Å². The predicted molar refractivity (Wildman–Crippen MR) is 200 cm³/mol. The van der Waals surface area contributed by atoms with Gasteiger partial charge in [0.1, 0.15) is 11.2 Å². The van der Waals surface area contributed by atoms with E-state index in [-0.39, 0.29) is 51.3 Å². The highest BCUT2D eigenvalue weighted by molar-refractivity contribution is 6.27. The van der Waals surface area contributed by atoms with E-state index in [1.807, 2.05) is 48.5 Å². The number of benzene rings is 9. The van der Waals surface area contributed by atoms with E-state index in [1.54, 1.807) is 30.3 Å². The van der Waals surface area contributed by atoms with Gasteiger partial charge in [-0.25, -0.2) is 0 Å². The van der Waals surface area contributed by atoms with E-state index < -0.39 is 24.2 Å². The van der Waals surface area contributed by atoms with E-state index in [1.165, 1.54) is 0 Å². The van der Waals surface area contributed by atoms with Crippen molar-refractivity contribution in [1.29, 1.82) is 0 Å². The van der Waals surface area contributed by atoms with E-state index in [0.29, 0.717) is 33.2 Å². The number of hydrogen-bond donors (Lipinski definition) is 0. The minimum atomic E-state index is -0.438. The summed E-state index contributed by atoms with van der Waals surface area (Å²) in [5.74, 6) is 0. The summed E-state index contributed by atoms with van der Waals surface area (Å²) in [5.41, 5.74) is 4.68. The Morgan fingerprint density at radius 2 is 0.957 bits per heavy atom. The van der Waals surface area contributed by atoms with Gasteiger partial charge in [-0.3, -0.25) is 0 Å². The van der Waals surface area contributed by atoms with Crippen molar-refractivity contribution in [2.45, 2.75) is 0 Å². The minimum absolute atomic E-state index is 0.166. The van der Waals surface area contributed by atoms with E-state index in [2.05, 4.69) is 42.5 Å². The summed E-state index contributed by atoms with van der Waals surface area (Å²) in [6.45, 7) is 0. The summed E-state index contributed by atoms with van der Waals surface area (Å²) >= 11 is 0. The van der Waals surface area contributed by atoms with Crippen LogP contribution in [-0.4, -0.2) is 0 Å². The molecule has 10 rings (SSSR count). The zero-order chi connectivity index (χ0) is 37.9. The molecule has 0 fully saturated rings. The third kappa shape index (κ3) is 3.90. The van der Waals surface area contributed by atoms with E-state index in [9.17, 15) is 5.48 Å². The molecule has 47 heavy (non-hydrogen) atoms. The lowest BCUT2D eigenvalue weighted by atomic mass is 9.84. The molecule has 0 saturated heterocycles. The van der Waals surface area contributed by atoms with Crippen LogP contribution in [0.15, 0.2) is 174 Å². The summed E-state index contributed by atoms with van der Waals surface area (Å²) in [4.78, 5) is 0. The molecule has 1 nitrogen and oxygen atoms in total. The van der Waals surface area contributed by atoms with Gasteiger partial charge in [0.05, 0.1) is 11.0 Å². The Hall–Kier alpha value is -6.18. The lowest BCUT2D eigenvalue weighted by molar-refractivity contribution is 0.669. The molecule has 0 bridgehead atoms. The van der Waals surface area contributed by atoms with Crippen LogP contribution in [0.2, 0.25) is 0 Å². The molecule has 1 heterocycles. The maximum Gasteiger partial charge on any atom is 0.136 e. The molecule has 0 saturated carbocycles. The van der Waals surface area contributed by atoms with Crippen LogP contribution >= 0.6 is 0 Å². The Labute approximate surface area is 283 Å². The van der Waals surface area contributed by atoms with Crippen LogP contribution in [0.4, 0.5) is 0 Å². The topological polar surface area (TPSA) is 13.1 Å². The van der Waals surface area contributed by atoms with Crippen LogP contribution in [0.1, 0.15) is 11.0 Å². The molecule has 0 amide bonds. The molecule has 0 unspecified atom stereocenters. The fourth-order valence-electron chi connectivity index (χ4n) is 7.28. The number of rotatable bonds is 3. The maximum atomic E-state index is 9.41. The zero-order valence-electron chi connectivity index (χ0n) is 33.0. The fourth-order valence-corrected chi connectivity index (χ4v) is 7.28. The van der Waals surface area contributed by atoms with Crippen LogP contribution in [0.25, 0.3) is 98.4 Å². The monoisotopic (exact) mass is 604 g/mol. The molecule has 9 aromatic carbocycles. The van der Waals surface area contributed by atoms with Crippen molar-refractivity contribution in [2.75, 3.05) is 0 Å². The lowest BCUT2D eigenvalue weighted by Crippen LogP contribution is -1.91. The molecule has 10 aromatic rings. The van der Waals surface area contributed by atoms with Crippen LogP contribution in [-0.2, 0) is 0 Å². The van der Waals surface area contributed by atoms with Crippen molar-refractivity contribution in [2.24, 2.45) is 0 Å². The fraction of sp³-hybridized carbons (Fsp3) is 0. The third-order valence-electron chi connectivity index (χ3n) is 9.29. The average molecular weight is 605 g/mol. The van der Waals surface area contributed by atoms with Crippen molar-refractivity contribution >= 4 is 65.0 Å². The summed E-state index contributed by atoms with van der Waals surface area (Å²) in [6.07, 6.45) is 0. The third-order valence-corrected chi connectivity index (χ3v) is 9.29. The highest BCUT2D eigenvalue weighted by Gasteiger charge is 2.21. The quantitative estimate of drug-likeness (QED) is 0.144. The van der Waals surface area contributed by atoms with Crippen molar-refractivity contribution in [3.05, 3.63) is 170 Å². The lowest BCUT2D eigenvalue weighted by Gasteiger charge is -2.18. The SMILES string of the molecule is [2H]c1c([2H])c([2H])c2c(-c3cccc4oc5cccc(-c6ccc7c(ccc8ccccc87)c6)c5c34)c3c([2H])c([2H])c([2H])c([2H])c3c(-c3ccccc3)c2c1[2H]. The molecule has 0 radical (unpaired) electrons. The van der Waals surface area contributed by atoms with Gasteiger partial charge in [-0.15, -0.1) is 0 Å². The minimum Gasteiger partial charge on any atom is -0.456 e. The van der Waals surface area contributed by atoms with Crippen LogP contribution < -0.4 is 0 Å². The molecule has 0 aliphatic rings. The van der Waals surface area contributed by atoms with Crippen molar-refractivity contribution < 1.29 is 15.4 Å². The molecule has 0 spiro atoms. The molecule has 0 aliphatic heterocycles. The van der Waals surface area contributed by atoms with E-state index in [4.69, 9.17) is 9.90 Å². The molecular formula is C46H28O. The number of hydrogen-bond acceptors (Lipinski definition) is 1. The normalized spacial score (nSPS) is 14.2. The predicted octanol–water partition coefficient (Wildman–Crippen LogP) is 13.2. The largest absolute Gasteiger partial charge is 0.456 e. The Morgan fingerprint density at radius 3 is 1.68 bits per heavy atom. The molecule has 0 N–H and O–H groups in total. The first-order valence-electron chi connectivity index (χ1n) is 19.5. The maximum absolute atomic E-state index is 9.41. The van der Waals surface area contributed by atoms with E-state index in [0.717, 1.165) is 38.1 Å². The Balaban J connectivity index is 1.41. The standard InChI is InChI=1S/C46H28O/c1-2-13-30(14-3-1)43-36-16-6-8-18-38(36)44(39-19-9-7-17-37(39)43)40-21-11-23-42-46(40)45-35(20-10-22-41(45)47-42)32-26-27-34-31(28-32)25-24-29-12-4-5-15-33(29)34/h1-28H/i6D,7D,8D,9D,16D,17D,18D,19D.